The van der Waals surface area contributed by atoms with Crippen LogP contribution in [-0.4, -0.2) is 29.8 Å². The molecule has 4 N–H and O–H groups in total. The summed E-state index contributed by atoms with van der Waals surface area (Å²) in [5.74, 6) is 0.185. The molecule has 0 bridgehead atoms. The number of nitrogens with one attached hydrogen (secondary N) is 3. The first kappa shape index (κ1) is 18.0. The van der Waals surface area contributed by atoms with E-state index < -0.39 is 18.3 Å². The van der Waals surface area contributed by atoms with E-state index in [9.17, 15) is 9.59 Å². The molecule has 6 nitrogen and oxygen atoms in total. The molecule has 0 aromatic heterocycles. The van der Waals surface area contributed by atoms with Crippen LogP contribution in [0.4, 0.5) is 4.79 Å². The van der Waals surface area contributed by atoms with E-state index in [2.05, 4.69) is 16.0 Å². The molecule has 6 heteroatoms. The molecule has 0 radical (unpaired) electrons. The number of hydrogen-bond donors (Lipinski definition) is 4. The van der Waals surface area contributed by atoms with Gasteiger partial charge in [0.1, 0.15) is 6.04 Å². The maximum atomic E-state index is 12.4. The maximum absolute atomic E-state index is 12.4. The van der Waals surface area contributed by atoms with Gasteiger partial charge in [-0.05, 0) is 17.9 Å². The third-order valence-electron chi connectivity index (χ3n) is 3.15. The van der Waals surface area contributed by atoms with Crippen LogP contribution < -0.4 is 16.0 Å². The average molecular weight is 307 g/mol. The predicted octanol–water partition coefficient (Wildman–Crippen LogP) is 2.09. The second-order valence-corrected chi connectivity index (χ2v) is 5.56. The van der Waals surface area contributed by atoms with Crippen molar-refractivity contribution >= 4 is 12.0 Å². The fraction of sp³-hybridized carbons (Fsp3) is 0.500. The molecular formula is C16H25N3O3. The zero-order valence-corrected chi connectivity index (χ0v) is 13.3. The van der Waals surface area contributed by atoms with Crippen LogP contribution in [0, 0.1) is 5.92 Å². The Bertz CT molecular complexity index is 477. The molecule has 0 saturated carbocycles. The minimum atomic E-state index is -1.12. The molecule has 0 aliphatic rings. The van der Waals surface area contributed by atoms with Gasteiger partial charge in [0, 0.05) is 6.54 Å². The summed E-state index contributed by atoms with van der Waals surface area (Å²) < 4.78 is 0. The standard InChI is InChI=1S/C16H25N3O3/c1-4-13(19-16(21)22)18-14(12-8-6-5-7-9-12)15(20)17-10-11(2)3/h5-9,11,13-14,18-19H,4,10H2,1-3H3,(H,17,20)(H,21,22)/t13?,14-/m0/s1. The first-order valence-corrected chi connectivity index (χ1v) is 7.52. The molecule has 2 amide bonds. The fourth-order valence-corrected chi connectivity index (χ4v) is 1.99. The second kappa shape index (κ2) is 9.04. The van der Waals surface area contributed by atoms with Gasteiger partial charge < -0.3 is 15.7 Å². The van der Waals surface area contributed by atoms with Crippen molar-refractivity contribution in [2.75, 3.05) is 6.54 Å². The third kappa shape index (κ3) is 6.13. The van der Waals surface area contributed by atoms with Crippen LogP contribution >= 0.6 is 0 Å². The van der Waals surface area contributed by atoms with Crippen molar-refractivity contribution in [1.82, 2.24) is 16.0 Å². The van der Waals surface area contributed by atoms with Crippen LogP contribution in [0.5, 0.6) is 0 Å². The second-order valence-electron chi connectivity index (χ2n) is 5.56. The molecule has 0 aliphatic heterocycles. The number of benzene rings is 1. The average Bonchev–Trinajstić information content (AvgIpc) is 2.49. The van der Waals surface area contributed by atoms with Crippen molar-refractivity contribution in [3.05, 3.63) is 35.9 Å². The Morgan fingerprint density at radius 2 is 1.82 bits per heavy atom. The highest BCUT2D eigenvalue weighted by molar-refractivity contribution is 5.83. The molecule has 1 aromatic rings. The molecular weight excluding hydrogens is 282 g/mol. The SMILES string of the molecule is CCC(NC(=O)O)N[C@H](C(=O)NCC(C)C)c1ccccc1. The Morgan fingerprint density at radius 1 is 1.18 bits per heavy atom. The Hall–Kier alpha value is -2.08. The Kier molecular flexibility index (Phi) is 7.39. The molecule has 2 atom stereocenters. The third-order valence-corrected chi connectivity index (χ3v) is 3.15. The summed E-state index contributed by atoms with van der Waals surface area (Å²) in [6.07, 6.45) is -1.08. The van der Waals surface area contributed by atoms with E-state index in [0.717, 1.165) is 5.56 Å². The Labute approximate surface area is 131 Å². The largest absolute Gasteiger partial charge is 0.465 e. The number of carbonyl (C=O) groups excluding carboxylic acids is 1. The lowest BCUT2D eigenvalue weighted by Gasteiger charge is -2.25. The van der Waals surface area contributed by atoms with Gasteiger partial charge in [-0.15, -0.1) is 0 Å². The number of rotatable bonds is 8. The van der Waals surface area contributed by atoms with Crippen molar-refractivity contribution in [3.63, 3.8) is 0 Å². The molecule has 1 rings (SSSR count). The quantitative estimate of drug-likeness (QED) is 0.554. The summed E-state index contributed by atoms with van der Waals surface area (Å²) in [4.78, 5) is 23.3. The zero-order valence-electron chi connectivity index (χ0n) is 13.3. The number of carbonyl (C=O) groups is 2. The van der Waals surface area contributed by atoms with Crippen molar-refractivity contribution in [1.29, 1.82) is 0 Å². The van der Waals surface area contributed by atoms with Crippen molar-refractivity contribution in [2.45, 2.75) is 39.4 Å². The lowest BCUT2D eigenvalue weighted by atomic mass is 10.1. The lowest BCUT2D eigenvalue weighted by Crippen LogP contribution is -2.50. The highest BCUT2D eigenvalue weighted by Crippen LogP contribution is 2.14. The van der Waals surface area contributed by atoms with E-state index in [1.165, 1.54) is 0 Å². The van der Waals surface area contributed by atoms with Gasteiger partial charge in [0.25, 0.3) is 0 Å². The first-order chi connectivity index (χ1) is 10.4. The highest BCUT2D eigenvalue weighted by Gasteiger charge is 2.23. The smallest absolute Gasteiger partial charge is 0.405 e. The van der Waals surface area contributed by atoms with Crippen LogP contribution in [0.3, 0.4) is 0 Å². The highest BCUT2D eigenvalue weighted by atomic mass is 16.4. The van der Waals surface area contributed by atoms with E-state index in [1.54, 1.807) is 0 Å². The van der Waals surface area contributed by atoms with E-state index >= 15 is 0 Å². The van der Waals surface area contributed by atoms with Gasteiger partial charge in [-0.25, -0.2) is 4.79 Å². The van der Waals surface area contributed by atoms with Crippen LogP contribution in [0.1, 0.15) is 38.8 Å². The van der Waals surface area contributed by atoms with E-state index in [0.29, 0.717) is 18.9 Å². The predicted molar refractivity (Wildman–Crippen MR) is 85.4 cm³/mol. The Balaban J connectivity index is 2.86. The molecule has 0 heterocycles. The van der Waals surface area contributed by atoms with Gasteiger partial charge >= 0.3 is 6.09 Å². The first-order valence-electron chi connectivity index (χ1n) is 7.52. The normalized spacial score (nSPS) is 13.5. The van der Waals surface area contributed by atoms with Gasteiger partial charge in [-0.2, -0.15) is 0 Å². The molecule has 1 unspecified atom stereocenters. The minimum Gasteiger partial charge on any atom is -0.465 e. The summed E-state index contributed by atoms with van der Waals surface area (Å²) in [5.41, 5.74) is 0.800. The maximum Gasteiger partial charge on any atom is 0.405 e. The summed E-state index contributed by atoms with van der Waals surface area (Å²) in [5, 5.41) is 17.2. The summed E-state index contributed by atoms with van der Waals surface area (Å²) in [7, 11) is 0. The van der Waals surface area contributed by atoms with Crippen molar-refractivity contribution < 1.29 is 14.7 Å². The summed E-state index contributed by atoms with van der Waals surface area (Å²) in [6.45, 7) is 6.47. The Morgan fingerprint density at radius 3 is 2.32 bits per heavy atom. The molecule has 1 aromatic carbocycles. The van der Waals surface area contributed by atoms with Gasteiger partial charge in [0.2, 0.25) is 5.91 Å². The molecule has 122 valence electrons. The van der Waals surface area contributed by atoms with Gasteiger partial charge in [-0.1, -0.05) is 51.1 Å². The van der Waals surface area contributed by atoms with E-state index in [4.69, 9.17) is 5.11 Å². The number of carboxylic acid groups (broad SMARTS) is 1. The molecule has 0 spiro atoms. The minimum absolute atomic E-state index is 0.162. The van der Waals surface area contributed by atoms with Crippen molar-refractivity contribution in [2.24, 2.45) is 5.92 Å². The molecule has 22 heavy (non-hydrogen) atoms. The summed E-state index contributed by atoms with van der Waals surface area (Å²) in [6, 6.07) is 8.67. The van der Waals surface area contributed by atoms with Gasteiger partial charge in [0.05, 0.1) is 6.17 Å². The zero-order chi connectivity index (χ0) is 16.5. The van der Waals surface area contributed by atoms with Crippen LogP contribution in [0.25, 0.3) is 0 Å². The number of hydrogen-bond acceptors (Lipinski definition) is 3. The van der Waals surface area contributed by atoms with Gasteiger partial charge in [-0.3, -0.25) is 10.1 Å². The lowest BCUT2D eigenvalue weighted by molar-refractivity contribution is -0.123. The molecule has 0 saturated heterocycles. The number of amides is 2. The van der Waals surface area contributed by atoms with Crippen molar-refractivity contribution in [3.8, 4) is 0 Å². The monoisotopic (exact) mass is 307 g/mol. The fourth-order valence-electron chi connectivity index (χ4n) is 1.99. The van der Waals surface area contributed by atoms with Gasteiger partial charge in [0.15, 0.2) is 0 Å². The van der Waals surface area contributed by atoms with Crippen LogP contribution in [-0.2, 0) is 4.79 Å². The van der Waals surface area contributed by atoms with E-state index in [-0.39, 0.29) is 5.91 Å². The van der Waals surface area contributed by atoms with Crippen LogP contribution in [0.15, 0.2) is 30.3 Å². The van der Waals surface area contributed by atoms with E-state index in [1.807, 2.05) is 51.1 Å². The summed E-state index contributed by atoms with van der Waals surface area (Å²) >= 11 is 0. The molecule has 0 aliphatic carbocycles. The van der Waals surface area contributed by atoms with Crippen LogP contribution in [0.2, 0.25) is 0 Å². The molecule has 0 fully saturated rings. The topological polar surface area (TPSA) is 90.5 Å².